The molecule has 5 nitrogen and oxygen atoms in total. The van der Waals surface area contributed by atoms with Crippen molar-refractivity contribution in [2.75, 3.05) is 10.6 Å². The molecule has 80 heavy (non-hydrogen) atoms. The molecule has 0 fully saturated rings. The van der Waals surface area contributed by atoms with E-state index in [-0.39, 0.29) is 22.6 Å². The van der Waals surface area contributed by atoms with Crippen LogP contribution in [0, 0.1) is 0 Å². The van der Waals surface area contributed by atoms with Crippen molar-refractivity contribution in [1.82, 2.24) is 0 Å². The van der Waals surface area contributed by atoms with Gasteiger partial charge in [-0.05, 0) is 103 Å². The van der Waals surface area contributed by atoms with Crippen molar-refractivity contribution in [3.05, 3.63) is 333 Å². The van der Waals surface area contributed by atoms with E-state index in [0.717, 1.165) is 66.8 Å². The average molecular weight is 1050 g/mol. The van der Waals surface area contributed by atoms with Gasteiger partial charge in [0, 0.05) is 27.9 Å². The van der Waals surface area contributed by atoms with Crippen LogP contribution in [0.1, 0.15) is 143 Å². The molecule has 11 rings (SSSR count). The van der Waals surface area contributed by atoms with Gasteiger partial charge in [0.1, 0.15) is 11.5 Å². The lowest BCUT2D eigenvalue weighted by Crippen LogP contribution is -2.31. The molecule has 10 aromatic carbocycles. The summed E-state index contributed by atoms with van der Waals surface area (Å²) < 4.78 is 7.13. The molecule has 10 aromatic rings. The van der Waals surface area contributed by atoms with E-state index in [4.69, 9.17) is 4.74 Å². The summed E-state index contributed by atoms with van der Waals surface area (Å²) in [5.74, 6) is 0.244. The monoisotopic (exact) mass is 1040 g/mol. The Morgan fingerprint density at radius 1 is 0.325 bits per heavy atom. The van der Waals surface area contributed by atoms with Crippen LogP contribution in [0.25, 0.3) is 0 Å². The number of amides is 2. The minimum absolute atomic E-state index is 0.310. The predicted molar refractivity (Wildman–Crippen MR) is 328 cm³/mol. The lowest BCUT2D eigenvalue weighted by atomic mass is 9.65. The number of hydrogen-bond acceptors (Lipinski definition) is 3. The second kappa shape index (κ2) is 21.0. The summed E-state index contributed by atoms with van der Waals surface area (Å²) in [6, 6.07) is 88.3. The maximum atomic E-state index is 15.2. The van der Waals surface area contributed by atoms with Gasteiger partial charge in [0.15, 0.2) is 0 Å². The van der Waals surface area contributed by atoms with Gasteiger partial charge in [-0.25, -0.2) is 0 Å². The van der Waals surface area contributed by atoms with Gasteiger partial charge in [-0.2, -0.15) is 0 Å². The topological polar surface area (TPSA) is 67.4 Å². The number of benzene rings is 10. The number of carbonyl (C=O) groups is 2. The van der Waals surface area contributed by atoms with Crippen molar-refractivity contribution in [2.45, 2.75) is 82.5 Å². The van der Waals surface area contributed by atoms with Crippen LogP contribution in [0.3, 0.4) is 0 Å². The van der Waals surface area contributed by atoms with Gasteiger partial charge in [-0.3, -0.25) is 9.59 Å². The largest absolute Gasteiger partial charge is 0.455 e. The molecule has 0 aromatic heterocycles. The molecule has 0 atom stereocenters. The van der Waals surface area contributed by atoms with Crippen LogP contribution in [0.5, 0.6) is 11.5 Å². The number of anilines is 2. The van der Waals surface area contributed by atoms with Crippen LogP contribution >= 0.6 is 0 Å². The SMILES string of the molecule is CC(C)(C)c1cc(C(=O)Nc2ccc(C(c3ccccc3)(c3ccccc3)c3ccccc3)cc2)c2c(c1)C(C)(C)c1cc(C(C)(C)C)cc(C(=O)Nc3ccc(C(c4ccccc4)(c4ccccc4)c4ccccc4)cc3)c1O2. The molecule has 0 saturated heterocycles. The Kier molecular flexibility index (Phi) is 13.9. The normalized spacial score (nSPS) is 13.1. The van der Waals surface area contributed by atoms with Crippen molar-refractivity contribution in [1.29, 1.82) is 0 Å². The Labute approximate surface area is 472 Å². The summed E-state index contributed by atoms with van der Waals surface area (Å²) in [7, 11) is 0. The summed E-state index contributed by atoms with van der Waals surface area (Å²) in [4.78, 5) is 30.4. The highest BCUT2D eigenvalue weighted by molar-refractivity contribution is 6.09. The third-order valence-electron chi connectivity index (χ3n) is 16.3. The van der Waals surface area contributed by atoms with E-state index in [2.05, 4.69) is 248 Å². The molecular formula is C75H68N2O3. The molecule has 2 amide bonds. The molecule has 0 saturated carbocycles. The molecule has 0 radical (unpaired) electrons. The zero-order chi connectivity index (χ0) is 55.9. The first-order chi connectivity index (χ1) is 38.5. The van der Waals surface area contributed by atoms with Crippen LogP contribution in [-0.2, 0) is 27.1 Å². The Hall–Kier alpha value is -9.06. The van der Waals surface area contributed by atoms with Crippen LogP contribution in [-0.4, -0.2) is 11.8 Å². The molecule has 396 valence electrons. The highest BCUT2D eigenvalue weighted by Gasteiger charge is 2.43. The van der Waals surface area contributed by atoms with E-state index < -0.39 is 16.2 Å². The van der Waals surface area contributed by atoms with Crippen LogP contribution < -0.4 is 15.4 Å². The number of nitrogens with one attached hydrogen (secondary N) is 2. The van der Waals surface area contributed by atoms with Gasteiger partial charge in [-0.1, -0.05) is 274 Å². The molecule has 0 spiro atoms. The minimum Gasteiger partial charge on any atom is -0.455 e. The highest BCUT2D eigenvalue weighted by Crippen LogP contribution is 2.54. The number of fused-ring (bicyclic) bond motifs is 2. The van der Waals surface area contributed by atoms with Crippen molar-refractivity contribution in [2.24, 2.45) is 0 Å². The third-order valence-corrected chi connectivity index (χ3v) is 16.3. The molecule has 1 aliphatic heterocycles. The fourth-order valence-corrected chi connectivity index (χ4v) is 12.0. The first-order valence-corrected chi connectivity index (χ1v) is 27.7. The molecular weight excluding hydrogens is 977 g/mol. The molecule has 1 aliphatic rings. The van der Waals surface area contributed by atoms with Gasteiger partial charge >= 0.3 is 0 Å². The van der Waals surface area contributed by atoms with Gasteiger partial charge in [0.25, 0.3) is 11.8 Å². The lowest BCUT2D eigenvalue weighted by molar-refractivity contribution is 0.101. The van der Waals surface area contributed by atoms with Gasteiger partial charge < -0.3 is 15.4 Å². The number of rotatable bonds is 12. The van der Waals surface area contributed by atoms with E-state index in [1.807, 2.05) is 72.8 Å². The first-order valence-electron chi connectivity index (χ1n) is 27.7. The van der Waals surface area contributed by atoms with Crippen molar-refractivity contribution in [3.8, 4) is 11.5 Å². The molecule has 0 bridgehead atoms. The number of ether oxygens (including phenoxy) is 1. The Balaban J connectivity index is 0.969. The summed E-state index contributed by atoms with van der Waals surface area (Å²) in [5.41, 5.74) is 12.1. The van der Waals surface area contributed by atoms with E-state index >= 15 is 9.59 Å². The number of carbonyl (C=O) groups excluding carboxylic acids is 2. The fraction of sp³-hybridized carbons (Fsp3) is 0.173. The van der Waals surface area contributed by atoms with Gasteiger partial charge in [-0.15, -0.1) is 0 Å². The van der Waals surface area contributed by atoms with Crippen LogP contribution in [0.15, 0.2) is 255 Å². The fourth-order valence-electron chi connectivity index (χ4n) is 12.0. The van der Waals surface area contributed by atoms with E-state index in [1.165, 1.54) is 0 Å². The third kappa shape index (κ3) is 9.51. The zero-order valence-corrected chi connectivity index (χ0v) is 47.0. The Morgan fingerprint density at radius 2 is 0.562 bits per heavy atom. The van der Waals surface area contributed by atoms with E-state index in [0.29, 0.717) is 34.0 Å². The second-order valence-electron chi connectivity index (χ2n) is 23.8. The Morgan fingerprint density at radius 3 is 0.800 bits per heavy atom. The molecule has 1 heterocycles. The summed E-state index contributed by atoms with van der Waals surface area (Å²) in [6.45, 7) is 17.3. The van der Waals surface area contributed by atoms with E-state index in [9.17, 15) is 0 Å². The Bertz CT molecular complexity index is 3380. The predicted octanol–water partition coefficient (Wildman–Crippen LogP) is 18.0. The number of hydrogen-bond donors (Lipinski definition) is 2. The highest BCUT2D eigenvalue weighted by atomic mass is 16.5. The quantitative estimate of drug-likeness (QED) is 0.120. The minimum atomic E-state index is -0.690. The van der Waals surface area contributed by atoms with E-state index in [1.54, 1.807) is 0 Å². The molecule has 5 heteroatoms. The van der Waals surface area contributed by atoms with Gasteiger partial charge in [0.05, 0.1) is 22.0 Å². The van der Waals surface area contributed by atoms with Crippen LogP contribution in [0.4, 0.5) is 11.4 Å². The van der Waals surface area contributed by atoms with Crippen molar-refractivity contribution >= 4 is 23.2 Å². The van der Waals surface area contributed by atoms with Crippen molar-refractivity contribution < 1.29 is 14.3 Å². The first kappa shape index (κ1) is 53.0. The average Bonchev–Trinajstić information content (AvgIpc) is 3.67. The summed E-state index contributed by atoms with van der Waals surface area (Å²) >= 11 is 0. The molecule has 0 aliphatic carbocycles. The van der Waals surface area contributed by atoms with Crippen LogP contribution in [0.2, 0.25) is 0 Å². The summed E-state index contributed by atoms with van der Waals surface area (Å²) in [5, 5.41) is 6.57. The lowest BCUT2D eigenvalue weighted by Gasteiger charge is -2.38. The smallest absolute Gasteiger partial charge is 0.259 e. The second-order valence-corrected chi connectivity index (χ2v) is 23.8. The van der Waals surface area contributed by atoms with Crippen molar-refractivity contribution in [3.63, 3.8) is 0 Å². The molecule has 2 N–H and O–H groups in total. The maximum absolute atomic E-state index is 15.2. The standard InChI is InChI=1S/C75H68N2O3/c1-71(2,3)59-47-63(69(78)76-61-43-39-57(40-44-61)74(51-27-15-9-16-28-51,52-29-17-10-18-30-52)53-31-19-11-20-32-53)67-65(49-59)73(7,8)66-50-60(72(4,5)6)48-64(68(66)80-67)70(79)77-62-45-41-58(42-46-62)75(54-33-21-12-22-34-54,55-35-23-13-24-36-55)56-37-25-14-26-38-56/h9-50H,1-8H3,(H,76,78)(H,77,79). The maximum Gasteiger partial charge on any atom is 0.259 e. The van der Waals surface area contributed by atoms with Gasteiger partial charge in [0.2, 0.25) is 0 Å². The molecule has 0 unspecified atom stereocenters. The zero-order valence-electron chi connectivity index (χ0n) is 47.0. The summed E-state index contributed by atoms with van der Waals surface area (Å²) in [6.07, 6.45) is 0.